The molecule has 2 N–H and O–H groups in total. The summed E-state index contributed by atoms with van der Waals surface area (Å²) in [6.45, 7) is 14.5. The molecule has 0 saturated carbocycles. The molecule has 1 atom stereocenters. The molecule has 1 aliphatic carbocycles. The van der Waals surface area contributed by atoms with Gasteiger partial charge in [-0.2, -0.15) is 0 Å². The van der Waals surface area contributed by atoms with Gasteiger partial charge < -0.3 is 10.6 Å². The minimum absolute atomic E-state index is 0.235. The predicted octanol–water partition coefficient (Wildman–Crippen LogP) is 9.49. The van der Waals surface area contributed by atoms with Crippen molar-refractivity contribution in [2.45, 2.75) is 92.2 Å². The van der Waals surface area contributed by atoms with Crippen molar-refractivity contribution >= 4 is 23.1 Å². The second-order valence-electron chi connectivity index (χ2n) is 9.29. The van der Waals surface area contributed by atoms with Crippen LogP contribution in [0.4, 0.5) is 4.39 Å². The van der Waals surface area contributed by atoms with Crippen molar-refractivity contribution in [1.82, 2.24) is 10.6 Å². The molecule has 0 spiro atoms. The Labute approximate surface area is 223 Å². The zero-order valence-electron chi connectivity index (χ0n) is 22.7. The summed E-state index contributed by atoms with van der Waals surface area (Å²) < 4.78 is 14.0. The molecular formula is C31H43ClFN3. The van der Waals surface area contributed by atoms with Crippen LogP contribution in [0.1, 0.15) is 102 Å². The molecule has 196 valence electrons. The third-order valence-electron chi connectivity index (χ3n) is 6.13. The van der Waals surface area contributed by atoms with E-state index in [0.29, 0.717) is 16.3 Å². The summed E-state index contributed by atoms with van der Waals surface area (Å²) in [6, 6.07) is 12.8. The number of unbranched alkanes of at least 4 members (excludes halogenated alkanes) is 1. The van der Waals surface area contributed by atoms with Crippen LogP contribution >= 0.6 is 11.6 Å². The number of hydrogen-bond acceptors (Lipinski definition) is 3. The number of halogens is 2. The van der Waals surface area contributed by atoms with Gasteiger partial charge in [0.1, 0.15) is 17.8 Å². The van der Waals surface area contributed by atoms with Crippen LogP contribution in [0.25, 0.3) is 5.70 Å². The molecule has 2 aliphatic rings. The fraction of sp³-hybridized carbons (Fsp3) is 0.452. The maximum Gasteiger partial charge on any atom is 0.148 e. The Morgan fingerprint density at radius 2 is 1.69 bits per heavy atom. The van der Waals surface area contributed by atoms with Crippen LogP contribution in [-0.4, -0.2) is 5.84 Å². The van der Waals surface area contributed by atoms with Gasteiger partial charge in [0.15, 0.2) is 0 Å². The highest BCUT2D eigenvalue weighted by Crippen LogP contribution is 2.33. The van der Waals surface area contributed by atoms with Gasteiger partial charge in [-0.15, -0.1) is 0 Å². The summed E-state index contributed by atoms with van der Waals surface area (Å²) in [5, 5.41) is 7.68. The zero-order chi connectivity index (χ0) is 26.5. The van der Waals surface area contributed by atoms with E-state index < -0.39 is 0 Å². The lowest BCUT2D eigenvalue weighted by atomic mass is 10.0. The van der Waals surface area contributed by atoms with Crippen molar-refractivity contribution in [3.05, 3.63) is 87.8 Å². The molecule has 0 bridgehead atoms. The quantitative estimate of drug-likeness (QED) is 0.428. The number of rotatable bonds is 4. The molecule has 36 heavy (non-hydrogen) atoms. The Hall–Kier alpha value is -2.59. The monoisotopic (exact) mass is 511 g/mol. The average molecular weight is 512 g/mol. The number of amidine groups is 1. The largest absolute Gasteiger partial charge is 0.363 e. The Balaban J connectivity index is 0.000000583. The fourth-order valence-electron chi connectivity index (χ4n) is 4.00. The Morgan fingerprint density at radius 3 is 2.36 bits per heavy atom. The highest BCUT2D eigenvalue weighted by Gasteiger charge is 2.26. The first-order chi connectivity index (χ1) is 17.4. The molecule has 0 radical (unpaired) electrons. The Morgan fingerprint density at radius 1 is 1.03 bits per heavy atom. The third kappa shape index (κ3) is 8.23. The number of aliphatic imine (C=N–C) groups is 1. The number of nitrogens with one attached hydrogen (secondary N) is 2. The van der Waals surface area contributed by atoms with Crippen LogP contribution in [-0.2, 0) is 0 Å². The van der Waals surface area contributed by atoms with E-state index in [1.165, 1.54) is 43.0 Å². The van der Waals surface area contributed by atoms with Crippen LogP contribution in [0.15, 0.2) is 65.3 Å². The predicted molar refractivity (Wildman–Crippen MR) is 155 cm³/mol. The summed E-state index contributed by atoms with van der Waals surface area (Å²) in [6.07, 6.45) is 9.05. The topological polar surface area (TPSA) is 36.4 Å². The second kappa shape index (κ2) is 15.5. The number of benzene rings is 2. The van der Waals surface area contributed by atoms with E-state index in [4.69, 9.17) is 16.6 Å². The van der Waals surface area contributed by atoms with E-state index in [1.54, 1.807) is 13.0 Å². The minimum atomic E-state index is -0.260. The summed E-state index contributed by atoms with van der Waals surface area (Å²) in [5.41, 5.74) is 5.34. The smallest absolute Gasteiger partial charge is 0.148 e. The van der Waals surface area contributed by atoms with Gasteiger partial charge in [0, 0.05) is 33.1 Å². The van der Waals surface area contributed by atoms with E-state index >= 15 is 0 Å². The van der Waals surface area contributed by atoms with E-state index in [0.717, 1.165) is 42.6 Å². The highest BCUT2D eigenvalue weighted by molar-refractivity contribution is 6.31. The zero-order valence-corrected chi connectivity index (χ0v) is 23.4. The number of allylic oxidation sites excluding steroid dienone is 1. The molecule has 2 aromatic rings. The first-order valence-corrected chi connectivity index (χ1v) is 13.8. The highest BCUT2D eigenvalue weighted by atomic mass is 35.5. The number of nitrogens with zero attached hydrogens (tertiary/aromatic N) is 1. The maximum atomic E-state index is 14.0. The first-order valence-electron chi connectivity index (χ1n) is 13.4. The summed E-state index contributed by atoms with van der Waals surface area (Å²) in [5.74, 6) is 0.570. The van der Waals surface area contributed by atoms with Crippen LogP contribution in [0.3, 0.4) is 0 Å². The van der Waals surface area contributed by atoms with E-state index in [-0.39, 0.29) is 12.0 Å². The molecule has 2 aromatic carbocycles. The summed E-state index contributed by atoms with van der Waals surface area (Å²) in [7, 11) is 0. The lowest BCUT2D eigenvalue weighted by Crippen LogP contribution is -2.35. The van der Waals surface area contributed by atoms with Gasteiger partial charge in [-0.25, -0.2) is 9.38 Å². The first kappa shape index (κ1) is 29.6. The van der Waals surface area contributed by atoms with Gasteiger partial charge in [-0.05, 0) is 50.3 Å². The molecule has 1 unspecified atom stereocenters. The number of hydrogen-bond donors (Lipinski definition) is 2. The molecule has 5 heteroatoms. The molecule has 0 amide bonds. The van der Waals surface area contributed by atoms with Gasteiger partial charge in [0.2, 0.25) is 0 Å². The van der Waals surface area contributed by atoms with Gasteiger partial charge >= 0.3 is 0 Å². The van der Waals surface area contributed by atoms with Crippen molar-refractivity contribution < 1.29 is 4.39 Å². The van der Waals surface area contributed by atoms with Crippen molar-refractivity contribution in [3.63, 3.8) is 0 Å². The van der Waals surface area contributed by atoms with Crippen molar-refractivity contribution in [3.8, 4) is 0 Å². The fourth-order valence-corrected chi connectivity index (χ4v) is 4.24. The molecule has 4 rings (SSSR count). The Kier molecular flexibility index (Phi) is 12.8. The summed E-state index contributed by atoms with van der Waals surface area (Å²) in [4.78, 5) is 4.95. The van der Waals surface area contributed by atoms with Crippen molar-refractivity contribution in [2.75, 3.05) is 0 Å². The Bertz CT molecular complexity index is 1060. The van der Waals surface area contributed by atoms with Gasteiger partial charge in [0.05, 0.1) is 0 Å². The summed E-state index contributed by atoms with van der Waals surface area (Å²) >= 11 is 6.45. The van der Waals surface area contributed by atoms with Crippen molar-refractivity contribution in [2.24, 2.45) is 4.99 Å². The molecule has 0 saturated heterocycles. The van der Waals surface area contributed by atoms with Crippen LogP contribution < -0.4 is 10.6 Å². The van der Waals surface area contributed by atoms with Gasteiger partial charge in [-0.3, -0.25) is 0 Å². The molecule has 3 nitrogen and oxygen atoms in total. The van der Waals surface area contributed by atoms with Crippen LogP contribution in [0.2, 0.25) is 5.02 Å². The normalized spacial score (nSPS) is 16.6. The standard InChI is InChI=1S/C24H25ClFN3.C4H10.C3H8/c1-15-17(11-8-13-21(15)26)16(2)27-24-19-10-4-3-5-14-22(19)28-23(29-24)18-9-6-7-12-20(18)25;1-3-4-2;1-3-2/h6-9,11-13,23,28H,2-5,10,14H2,1H3,(H,27,29);3-4H2,1-2H3;3H2,1-2H3. The molecule has 1 aliphatic heterocycles. The molecule has 1 heterocycles. The van der Waals surface area contributed by atoms with Crippen molar-refractivity contribution in [1.29, 1.82) is 0 Å². The maximum absolute atomic E-state index is 14.0. The lowest BCUT2D eigenvalue weighted by Gasteiger charge is -2.29. The third-order valence-corrected chi connectivity index (χ3v) is 6.48. The molecule has 0 aromatic heterocycles. The van der Waals surface area contributed by atoms with Gasteiger partial charge in [0.25, 0.3) is 0 Å². The van der Waals surface area contributed by atoms with E-state index in [2.05, 4.69) is 44.9 Å². The lowest BCUT2D eigenvalue weighted by molar-refractivity contribution is 0.583. The SMILES string of the molecule is C=C(NC1=NC(c2ccccc2Cl)NC2=C1CCCCC2)c1cccc(F)c1C.CCC.CCCC. The molecule has 0 fully saturated rings. The van der Waals surface area contributed by atoms with Gasteiger partial charge in [-0.1, -0.05) is 102 Å². The van der Waals surface area contributed by atoms with Crippen LogP contribution in [0, 0.1) is 12.7 Å². The second-order valence-corrected chi connectivity index (χ2v) is 9.69. The molecular weight excluding hydrogens is 469 g/mol. The minimum Gasteiger partial charge on any atom is -0.363 e. The van der Waals surface area contributed by atoms with Crippen LogP contribution in [0.5, 0.6) is 0 Å². The van der Waals surface area contributed by atoms with E-state index in [9.17, 15) is 4.39 Å². The average Bonchev–Trinajstić information content (AvgIpc) is 3.12. The van der Waals surface area contributed by atoms with E-state index in [1.807, 2.05) is 30.3 Å².